The first kappa shape index (κ1) is 139. The lowest BCUT2D eigenvalue weighted by Crippen LogP contribution is -2.58. The normalized spacial score (nSPS) is 19.4. The van der Waals surface area contributed by atoms with Crippen LogP contribution < -0.4 is 0 Å². The number of Topliss-reactive ketones (excluding diaryl/α,β-unsaturated/α-hetero) is 1. The van der Waals surface area contributed by atoms with Gasteiger partial charge in [-0.2, -0.15) is 0 Å². The van der Waals surface area contributed by atoms with Crippen molar-refractivity contribution in [3.63, 3.8) is 0 Å². The van der Waals surface area contributed by atoms with Gasteiger partial charge < -0.3 is 104 Å². The molecular weight excluding hydrogens is 2030 g/mol. The second-order valence-corrected chi connectivity index (χ2v) is 41.6. The van der Waals surface area contributed by atoms with Gasteiger partial charge in [0.15, 0.2) is 10.5 Å². The monoisotopic (exact) mass is 2140 g/mol. The molecule has 0 aliphatic heterocycles. The highest BCUT2D eigenvalue weighted by Crippen LogP contribution is 2.62. The highest BCUT2D eigenvalue weighted by Gasteiger charge is 2.61. The van der Waals surface area contributed by atoms with Gasteiger partial charge in [0.2, 0.25) is 5.76 Å². The number of carbonyl (C=O) groups is 11. The summed E-state index contributed by atoms with van der Waals surface area (Å²) in [5, 5.41) is 24.6. The molecule has 3 N–H and O–H groups in total. The maximum atomic E-state index is 12.3. The fourth-order valence-corrected chi connectivity index (χ4v) is 17.3. The summed E-state index contributed by atoms with van der Waals surface area (Å²) in [5.74, 6) is -11.6. The molecule has 1 heterocycles. The van der Waals surface area contributed by atoms with Gasteiger partial charge in [-0.3, -0.25) is 33.6 Å². The number of ketones is 1. The zero-order valence-electron chi connectivity index (χ0n) is 77.8. The molecule has 8 aliphatic carbocycles. The van der Waals surface area contributed by atoms with E-state index in [1.807, 2.05) is 0 Å². The van der Waals surface area contributed by atoms with E-state index in [1.54, 1.807) is 18.2 Å². The Bertz CT molecular complexity index is 5500. The highest BCUT2D eigenvalue weighted by atomic mass is 32.2. The Kier molecular flexibility index (Phi) is 61.5. The SMILES string of the molecule is CCOC(=O)CC(C(=O)OCC)S(=O)(=O)[O-].COC(=O)CC(C(=O)OC)S(=O)(=O)[O-].O=C(OCCS(=O)(=O)[O-])C12CC3CC(CC(O)(C3)C1)C2.O=C(OCCS(=O)(=O)[O-])c1ccc(O)cc1.O=C(OCCS(=O)(=O)[O-])c1ccccc1.O=C(OCCS(=O)(=O)[O-])c1ccccc1O.O=C(OCCS(=O)(=O)[O-])c1ccco1.O=C1C2CC3CC1CC(C(=O)OCCS(=O)(=O)[O-])(C3)C2.[CH3+].[CH3+].[CH3+].[CH3+].[CH3+].[CH3+].[CH3+].[CH3+]. The van der Waals surface area contributed by atoms with Crippen molar-refractivity contribution in [1.82, 2.24) is 0 Å². The lowest BCUT2D eigenvalue weighted by atomic mass is 9.48. The van der Waals surface area contributed by atoms with Crippen LogP contribution in [0.25, 0.3) is 0 Å². The number of carbonyl (C=O) groups excluding carboxylic acids is 11. The van der Waals surface area contributed by atoms with E-state index in [2.05, 4.69) is 42.3 Å². The van der Waals surface area contributed by atoms with Gasteiger partial charge in [-0.15, -0.1) is 0 Å². The summed E-state index contributed by atoms with van der Waals surface area (Å²) in [6.07, 6.45) is 7.58. The van der Waals surface area contributed by atoms with Gasteiger partial charge in [-0.05, 0) is 163 Å². The minimum absolute atomic E-state index is 0. The third-order valence-electron chi connectivity index (χ3n) is 19.2. The van der Waals surface area contributed by atoms with Crippen LogP contribution in [0.2, 0.25) is 0 Å². The van der Waals surface area contributed by atoms with Crippen molar-refractivity contribution in [3.05, 3.63) is 179 Å². The van der Waals surface area contributed by atoms with Gasteiger partial charge in [0.05, 0.1) is 169 Å². The average molecular weight is 2140 g/mol. The van der Waals surface area contributed by atoms with Gasteiger partial charge in [-0.25, -0.2) is 86.5 Å². The first-order valence-corrected chi connectivity index (χ1v) is 50.7. The summed E-state index contributed by atoms with van der Waals surface area (Å²) in [5.41, 5.74) is -1.62. The molecule has 6 unspecified atom stereocenters. The summed E-state index contributed by atoms with van der Waals surface area (Å²) >= 11 is 0. The Balaban J connectivity index is -0.000000362. The predicted molar refractivity (Wildman–Crippen MR) is 480 cm³/mol. The molecule has 139 heavy (non-hydrogen) atoms. The number of methoxy groups -OCH3 is 2. The number of hydrogen-bond acceptors (Lipinski definition) is 49. The summed E-state index contributed by atoms with van der Waals surface area (Å²) in [4.78, 5) is 125. The topological polar surface area (TPSA) is 812 Å². The summed E-state index contributed by atoms with van der Waals surface area (Å²) < 4.78 is 299. The van der Waals surface area contributed by atoms with Gasteiger partial charge in [0.1, 0.15) is 82.7 Å². The molecule has 0 spiro atoms. The highest BCUT2D eigenvalue weighted by molar-refractivity contribution is 7.88. The van der Waals surface area contributed by atoms with Gasteiger partial charge in [0, 0.05) is 71.2 Å². The fraction of sp³-hybridized carbons (Fsp3) is 0.500. The minimum Gasteiger partial charge on any atom is -0.748 e. The second kappa shape index (κ2) is 61.6. The van der Waals surface area contributed by atoms with Crippen LogP contribution in [-0.2, 0) is 162 Å². The van der Waals surface area contributed by atoms with E-state index in [9.17, 15) is 167 Å². The molecule has 12 rings (SSSR count). The Morgan fingerprint density at radius 1 is 0.388 bits per heavy atom. The third-order valence-corrected chi connectivity index (χ3v) is 25.3. The van der Waals surface area contributed by atoms with Crippen molar-refractivity contribution in [2.75, 3.05) is 102 Å². The van der Waals surface area contributed by atoms with Crippen molar-refractivity contribution in [2.24, 2.45) is 40.4 Å². The molecule has 57 heteroatoms. The number of para-hydroxylation sites is 1. The van der Waals surface area contributed by atoms with Crippen molar-refractivity contribution >= 4 is 146 Å². The van der Waals surface area contributed by atoms with Crippen molar-refractivity contribution in [3.8, 4) is 11.5 Å². The minimum atomic E-state index is -4.93. The Morgan fingerprint density at radius 2 is 0.748 bits per heavy atom. The molecule has 0 saturated heterocycles. The number of hydrogen-bond donors (Lipinski definition) is 3. The van der Waals surface area contributed by atoms with Crippen LogP contribution in [0, 0.1) is 99.8 Å². The second-order valence-electron chi connectivity index (χ2n) is 29.3. The van der Waals surface area contributed by atoms with E-state index in [0.717, 1.165) is 65.6 Å². The first-order valence-electron chi connectivity index (χ1n) is 38.3. The van der Waals surface area contributed by atoms with E-state index >= 15 is 0 Å². The Hall–Kier alpha value is -10.9. The van der Waals surface area contributed by atoms with Gasteiger partial charge in [0.25, 0.3) is 0 Å². The molecule has 8 bridgehead atoms. The molecule has 8 aliphatic rings. The Labute approximate surface area is 811 Å². The van der Waals surface area contributed by atoms with E-state index in [4.69, 9.17) is 14.6 Å². The lowest BCUT2D eigenvalue weighted by Gasteiger charge is -2.58. The summed E-state index contributed by atoms with van der Waals surface area (Å²) in [6, 6.07) is 21.9. The summed E-state index contributed by atoms with van der Waals surface area (Å²) in [7, 11) is -34.1. The standard InChI is InChI=1S/C13H20O6S.C13H18O6S.2C9H10O6S.C9H10O5S.C8H14O7S.C7H8O6S.C6H10O7S.8CH3/c14-11(19-1-2-20(16,17)18)12-4-9-3-10(5-12)7-13(15,6-9)8-12;14-11-9-3-8-4-10(11)7-13(5-8,6-9)12(15)19-1-2-20(16,17)18;10-8-3-1-7(2-4-8)9(11)15-5-6-16(12,13)14;10-8-4-2-1-3-7(8)9(11)15-5-6-16(12,13)14;10-9(8-4-2-1-3-5-8)14-6-7-15(11,12)13;1-3-14-7(9)5-6(16(11,12)13)8(10)15-4-2;8-7(6-2-1-3-12-6)13-4-5-14(9,10)11;1-12-5(7)3-4(6(8)13-2)14(9,10)11;;;;;;;;/h9-10,15H,1-8H2,(H,16,17,18);8-10H,1-7H2,(H,16,17,18);2*1-4,10H,5-6H2,(H,12,13,14);1-5H,6-7H2,(H,11,12,13);6H,3-5H2,1-2H3,(H,11,12,13);1-3H,4-5H2,(H,9,10,11);4H,3H2,1-2H3,(H,9,10,11);8*1H3/q;;;;;;;;8*+1/p-8. The number of furan rings is 1. The molecule has 6 atom stereocenters. The molecule has 8 saturated carbocycles. The third kappa shape index (κ3) is 52.8. The zero-order valence-corrected chi connectivity index (χ0v) is 84.3. The van der Waals surface area contributed by atoms with E-state index < -0.39 is 241 Å². The number of aromatic hydroxyl groups is 2. The van der Waals surface area contributed by atoms with Crippen LogP contribution in [0.15, 0.2) is 102 Å². The number of rotatable bonds is 34. The maximum Gasteiger partial charge on any atom is 0.374 e. The smallest absolute Gasteiger partial charge is 0.374 e. The number of benzene rings is 3. The molecule has 786 valence electrons. The number of phenolic OH excluding ortho intramolecular Hbond substituents is 2. The van der Waals surface area contributed by atoms with Gasteiger partial charge in [-0.1, -0.05) is 30.3 Å². The predicted octanol–water partition coefficient (Wildman–Crippen LogP) is 3.09. The van der Waals surface area contributed by atoms with Crippen LogP contribution in [0.4, 0.5) is 0 Å². The molecule has 1 aromatic heterocycles. The zero-order chi connectivity index (χ0) is 99.5. The summed E-state index contributed by atoms with van der Waals surface area (Å²) in [6.45, 7) is 0.261. The number of aliphatic hydroxyl groups is 1. The largest absolute Gasteiger partial charge is 0.748 e. The molecular formula is C82H116O49S8. The molecule has 8 fully saturated rings. The first-order chi connectivity index (χ1) is 60.4. The van der Waals surface area contributed by atoms with Crippen LogP contribution in [-0.4, -0.2) is 302 Å². The van der Waals surface area contributed by atoms with E-state index in [0.29, 0.717) is 42.6 Å². The van der Waals surface area contributed by atoms with Crippen molar-refractivity contribution < 1.29 is 224 Å². The quantitative estimate of drug-likeness (QED) is 0.0262. The average Bonchev–Trinajstić information content (AvgIpc) is 1.05. The maximum absolute atomic E-state index is 12.3. The number of phenols is 2. The number of esters is 10. The van der Waals surface area contributed by atoms with Crippen LogP contribution >= 0.6 is 0 Å². The van der Waals surface area contributed by atoms with Crippen molar-refractivity contribution in [1.29, 1.82) is 0 Å². The molecule has 4 aromatic rings. The lowest BCUT2D eigenvalue weighted by molar-refractivity contribution is -0.195. The van der Waals surface area contributed by atoms with E-state index in [-0.39, 0.29) is 132 Å². The number of ether oxygens (including phenoxy) is 10. The van der Waals surface area contributed by atoms with Crippen LogP contribution in [0.1, 0.15) is 139 Å². The molecule has 49 nitrogen and oxygen atoms in total. The molecule has 3 aromatic carbocycles. The molecule has 0 amide bonds. The Morgan fingerprint density at radius 3 is 1.12 bits per heavy atom. The van der Waals surface area contributed by atoms with Crippen LogP contribution in [0.3, 0.4) is 0 Å². The fourth-order valence-electron chi connectivity index (χ4n) is 14.3. The van der Waals surface area contributed by atoms with Crippen molar-refractivity contribution in [2.45, 2.75) is 113 Å². The molecule has 0 radical (unpaired) electrons. The van der Waals surface area contributed by atoms with E-state index in [1.165, 1.54) is 92.9 Å². The van der Waals surface area contributed by atoms with Gasteiger partial charge >= 0.3 is 59.7 Å². The van der Waals surface area contributed by atoms with Crippen LogP contribution in [0.5, 0.6) is 11.5 Å².